The highest BCUT2D eigenvalue weighted by Crippen LogP contribution is 2.18. The van der Waals surface area contributed by atoms with Gasteiger partial charge in [-0.15, -0.1) is 0 Å². The second-order valence-electron chi connectivity index (χ2n) is 2.86. The van der Waals surface area contributed by atoms with E-state index in [-0.39, 0.29) is 0 Å². The number of benzene rings is 1. The number of rotatable bonds is 1. The second-order valence-corrected chi connectivity index (χ2v) is 2.86. The van der Waals surface area contributed by atoms with E-state index < -0.39 is 0 Å². The summed E-state index contributed by atoms with van der Waals surface area (Å²) < 4.78 is 0. The van der Waals surface area contributed by atoms with Crippen LogP contribution < -0.4 is 0 Å². The molecule has 0 spiro atoms. The number of allylic oxidation sites excluding steroid dienone is 2. The van der Waals surface area contributed by atoms with Crippen LogP contribution in [-0.2, 0) is 6.54 Å². The predicted octanol–water partition coefficient (Wildman–Crippen LogP) is 2.57. The molecule has 1 heterocycles. The van der Waals surface area contributed by atoms with E-state index in [1.54, 1.807) is 0 Å². The molecule has 0 radical (unpaired) electrons. The Morgan fingerprint density at radius 2 is 2.17 bits per heavy atom. The van der Waals surface area contributed by atoms with E-state index >= 15 is 0 Å². The number of hydrogen-bond acceptors (Lipinski definition) is 1. The number of aliphatic imine (C=N–C) groups is 1. The zero-order valence-electron chi connectivity index (χ0n) is 7.12. The molecule has 0 unspecified atom stereocenters. The van der Waals surface area contributed by atoms with Gasteiger partial charge < -0.3 is 0 Å². The van der Waals surface area contributed by atoms with Crippen LogP contribution in [0.5, 0.6) is 0 Å². The Morgan fingerprint density at radius 3 is 3.00 bits per heavy atom. The van der Waals surface area contributed by atoms with Crippen LogP contribution >= 0.6 is 0 Å². The summed E-state index contributed by atoms with van der Waals surface area (Å²) in [5.74, 6) is 0. The molecule has 1 aliphatic rings. The zero-order valence-corrected chi connectivity index (χ0v) is 7.12. The standard InChI is InChI=1S/C11H11N/c1-2-5-11-10-7-4-3-6-9(10)8-12-11/h2-7H,8H2,1H3/b5-2+. The number of hydrogen-bond donors (Lipinski definition) is 0. The fraction of sp³-hybridized carbons (Fsp3) is 0.182. The van der Waals surface area contributed by atoms with Crippen molar-refractivity contribution in [3.63, 3.8) is 0 Å². The third-order valence-corrected chi connectivity index (χ3v) is 2.04. The van der Waals surface area contributed by atoms with E-state index in [4.69, 9.17) is 0 Å². The highest BCUT2D eigenvalue weighted by Gasteiger charge is 2.10. The Bertz CT molecular complexity index is 348. The monoisotopic (exact) mass is 157 g/mol. The van der Waals surface area contributed by atoms with Crippen LogP contribution in [-0.4, -0.2) is 5.71 Å². The van der Waals surface area contributed by atoms with Crippen molar-refractivity contribution < 1.29 is 0 Å². The zero-order chi connectivity index (χ0) is 8.39. The van der Waals surface area contributed by atoms with Gasteiger partial charge in [-0.05, 0) is 18.6 Å². The summed E-state index contributed by atoms with van der Waals surface area (Å²) in [5, 5.41) is 0. The van der Waals surface area contributed by atoms with Crippen LogP contribution in [0.1, 0.15) is 18.1 Å². The fourth-order valence-electron chi connectivity index (χ4n) is 1.46. The highest BCUT2D eigenvalue weighted by molar-refractivity contribution is 6.11. The molecule has 0 saturated heterocycles. The van der Waals surface area contributed by atoms with Crippen molar-refractivity contribution in [3.8, 4) is 0 Å². The van der Waals surface area contributed by atoms with Crippen molar-refractivity contribution in [1.82, 2.24) is 0 Å². The lowest BCUT2D eigenvalue weighted by molar-refractivity contribution is 1.11. The Morgan fingerprint density at radius 1 is 1.33 bits per heavy atom. The molecule has 12 heavy (non-hydrogen) atoms. The van der Waals surface area contributed by atoms with Crippen molar-refractivity contribution in [2.75, 3.05) is 0 Å². The Kier molecular flexibility index (Phi) is 1.78. The lowest BCUT2D eigenvalue weighted by atomic mass is 10.1. The van der Waals surface area contributed by atoms with Gasteiger partial charge in [0.05, 0.1) is 12.3 Å². The molecule has 2 rings (SSSR count). The summed E-state index contributed by atoms with van der Waals surface area (Å²) in [7, 11) is 0. The highest BCUT2D eigenvalue weighted by atomic mass is 14.8. The first-order valence-corrected chi connectivity index (χ1v) is 4.17. The fourth-order valence-corrected chi connectivity index (χ4v) is 1.46. The first-order valence-electron chi connectivity index (χ1n) is 4.17. The molecule has 1 aromatic carbocycles. The summed E-state index contributed by atoms with van der Waals surface area (Å²) in [5.41, 5.74) is 3.74. The van der Waals surface area contributed by atoms with Gasteiger partial charge in [0.1, 0.15) is 0 Å². The van der Waals surface area contributed by atoms with Gasteiger partial charge in [0.25, 0.3) is 0 Å². The lowest BCUT2D eigenvalue weighted by Crippen LogP contribution is -1.92. The molecule has 1 nitrogen and oxygen atoms in total. The maximum Gasteiger partial charge on any atom is 0.0653 e. The van der Waals surface area contributed by atoms with Gasteiger partial charge in [-0.25, -0.2) is 0 Å². The van der Waals surface area contributed by atoms with Gasteiger partial charge in [-0.3, -0.25) is 4.99 Å². The van der Waals surface area contributed by atoms with E-state index in [1.165, 1.54) is 11.1 Å². The van der Waals surface area contributed by atoms with Gasteiger partial charge in [0.2, 0.25) is 0 Å². The SMILES string of the molecule is C/C=C/C1=NCc2ccccc21. The summed E-state index contributed by atoms with van der Waals surface area (Å²) in [6, 6.07) is 8.38. The van der Waals surface area contributed by atoms with Crippen molar-refractivity contribution >= 4 is 5.71 Å². The first kappa shape index (κ1) is 7.29. The van der Waals surface area contributed by atoms with Gasteiger partial charge in [-0.2, -0.15) is 0 Å². The molecule has 0 aliphatic carbocycles. The van der Waals surface area contributed by atoms with Crippen LogP contribution in [0, 0.1) is 0 Å². The topological polar surface area (TPSA) is 12.4 Å². The van der Waals surface area contributed by atoms with Crippen LogP contribution in [0.25, 0.3) is 0 Å². The largest absolute Gasteiger partial charge is 0.280 e. The number of fused-ring (bicyclic) bond motifs is 1. The number of nitrogens with zero attached hydrogens (tertiary/aromatic N) is 1. The summed E-state index contributed by atoms with van der Waals surface area (Å²) in [6.07, 6.45) is 4.09. The molecule has 0 atom stereocenters. The maximum absolute atomic E-state index is 4.42. The van der Waals surface area contributed by atoms with Crippen LogP contribution in [0.4, 0.5) is 0 Å². The van der Waals surface area contributed by atoms with Gasteiger partial charge >= 0.3 is 0 Å². The minimum absolute atomic E-state index is 0.843. The predicted molar refractivity (Wildman–Crippen MR) is 51.5 cm³/mol. The van der Waals surface area contributed by atoms with Crippen LogP contribution in [0.15, 0.2) is 41.4 Å². The third-order valence-electron chi connectivity index (χ3n) is 2.04. The summed E-state index contributed by atoms with van der Waals surface area (Å²) in [4.78, 5) is 4.42. The molecule has 1 heteroatoms. The molecule has 60 valence electrons. The van der Waals surface area contributed by atoms with Gasteiger partial charge in [0.15, 0.2) is 0 Å². The first-order chi connectivity index (χ1) is 5.92. The molecule has 0 N–H and O–H groups in total. The third kappa shape index (κ3) is 1.07. The quantitative estimate of drug-likeness (QED) is 0.594. The maximum atomic E-state index is 4.42. The molecule has 0 aromatic heterocycles. The Balaban J connectivity index is 2.45. The van der Waals surface area contributed by atoms with Crippen molar-refractivity contribution in [3.05, 3.63) is 47.5 Å². The second kappa shape index (κ2) is 2.94. The molecule has 1 aliphatic heterocycles. The summed E-state index contributed by atoms with van der Waals surface area (Å²) >= 11 is 0. The van der Waals surface area contributed by atoms with E-state index in [2.05, 4.69) is 35.3 Å². The smallest absolute Gasteiger partial charge is 0.0653 e. The van der Waals surface area contributed by atoms with Gasteiger partial charge in [0, 0.05) is 5.56 Å². The normalized spacial score (nSPS) is 14.9. The molecule has 0 fully saturated rings. The minimum atomic E-state index is 0.843. The Hall–Kier alpha value is -1.37. The van der Waals surface area contributed by atoms with E-state index in [9.17, 15) is 0 Å². The van der Waals surface area contributed by atoms with Gasteiger partial charge in [-0.1, -0.05) is 30.3 Å². The Labute approximate surface area is 72.5 Å². The van der Waals surface area contributed by atoms with Crippen LogP contribution in [0.2, 0.25) is 0 Å². The molecule has 0 saturated carbocycles. The van der Waals surface area contributed by atoms with E-state index in [0.717, 1.165) is 12.3 Å². The van der Waals surface area contributed by atoms with Crippen molar-refractivity contribution in [2.24, 2.45) is 4.99 Å². The van der Waals surface area contributed by atoms with E-state index in [1.807, 2.05) is 13.0 Å². The minimum Gasteiger partial charge on any atom is -0.280 e. The average Bonchev–Trinajstić information content (AvgIpc) is 2.50. The van der Waals surface area contributed by atoms with Crippen molar-refractivity contribution in [1.29, 1.82) is 0 Å². The van der Waals surface area contributed by atoms with Crippen molar-refractivity contribution in [2.45, 2.75) is 13.5 Å². The lowest BCUT2D eigenvalue weighted by Gasteiger charge is -1.96. The molecule has 1 aromatic rings. The summed E-state index contributed by atoms with van der Waals surface area (Å²) in [6.45, 7) is 2.86. The van der Waals surface area contributed by atoms with E-state index in [0.29, 0.717) is 0 Å². The molecule has 0 amide bonds. The molecular formula is C11H11N. The van der Waals surface area contributed by atoms with Crippen LogP contribution in [0.3, 0.4) is 0 Å². The molecule has 0 bridgehead atoms. The molecular weight excluding hydrogens is 146 g/mol. The average molecular weight is 157 g/mol.